The Morgan fingerprint density at radius 3 is 2.79 bits per heavy atom. The number of fused-ring (bicyclic) bond motifs is 1. The summed E-state index contributed by atoms with van der Waals surface area (Å²) >= 11 is 0. The average molecular weight is 186 g/mol. The molecule has 1 aliphatic rings. The minimum Gasteiger partial charge on any atom is -0.371 e. The maximum absolute atomic E-state index is 3.26. The molecule has 1 N–H and O–H groups in total. The summed E-state index contributed by atoms with van der Waals surface area (Å²) in [4.78, 5) is 5.72. The third-order valence-corrected chi connectivity index (χ3v) is 3.01. The van der Waals surface area contributed by atoms with Crippen molar-refractivity contribution >= 4 is 16.6 Å². The molecule has 0 bridgehead atoms. The van der Waals surface area contributed by atoms with Crippen LogP contribution in [0.25, 0.3) is 10.9 Å². The fourth-order valence-corrected chi connectivity index (χ4v) is 2.21. The Hall–Kier alpha value is -1.44. The summed E-state index contributed by atoms with van der Waals surface area (Å²) in [6, 6.07) is 8.78. The molecule has 72 valence electrons. The van der Waals surface area contributed by atoms with E-state index >= 15 is 0 Å². The van der Waals surface area contributed by atoms with Gasteiger partial charge in [-0.15, -0.1) is 0 Å². The molecule has 2 heterocycles. The van der Waals surface area contributed by atoms with Gasteiger partial charge < -0.3 is 9.88 Å². The van der Waals surface area contributed by atoms with Crippen LogP contribution in [0.2, 0.25) is 0 Å². The molecule has 3 rings (SSSR count). The van der Waals surface area contributed by atoms with Crippen molar-refractivity contribution in [2.75, 3.05) is 18.0 Å². The van der Waals surface area contributed by atoms with Gasteiger partial charge >= 0.3 is 0 Å². The number of aromatic amines is 1. The van der Waals surface area contributed by atoms with Gasteiger partial charge in [-0.25, -0.2) is 0 Å². The fraction of sp³-hybridized carbons (Fsp3) is 0.333. The lowest BCUT2D eigenvalue weighted by Crippen LogP contribution is -2.17. The number of rotatable bonds is 1. The zero-order valence-corrected chi connectivity index (χ0v) is 8.16. The van der Waals surface area contributed by atoms with Crippen molar-refractivity contribution < 1.29 is 0 Å². The summed E-state index contributed by atoms with van der Waals surface area (Å²) < 4.78 is 0. The van der Waals surface area contributed by atoms with E-state index in [-0.39, 0.29) is 0 Å². The van der Waals surface area contributed by atoms with Crippen molar-refractivity contribution in [3.05, 3.63) is 30.5 Å². The first-order chi connectivity index (χ1) is 6.93. The van der Waals surface area contributed by atoms with Crippen LogP contribution >= 0.6 is 0 Å². The highest BCUT2D eigenvalue weighted by Gasteiger charge is 2.12. The Balaban J connectivity index is 2.04. The van der Waals surface area contributed by atoms with Gasteiger partial charge in [0.05, 0.1) is 0 Å². The van der Waals surface area contributed by atoms with Gasteiger partial charge in [-0.3, -0.25) is 0 Å². The smallest absolute Gasteiger partial charge is 0.0474 e. The number of anilines is 1. The molecule has 0 amide bonds. The molecule has 0 saturated carbocycles. The number of nitrogens with one attached hydrogen (secondary N) is 1. The lowest BCUT2D eigenvalue weighted by molar-refractivity contribution is 0.949. The van der Waals surface area contributed by atoms with E-state index in [9.17, 15) is 0 Å². The number of hydrogen-bond donors (Lipinski definition) is 1. The Morgan fingerprint density at radius 2 is 1.93 bits per heavy atom. The zero-order valence-electron chi connectivity index (χ0n) is 8.16. The van der Waals surface area contributed by atoms with Crippen LogP contribution in [0.3, 0.4) is 0 Å². The molecule has 2 aromatic rings. The van der Waals surface area contributed by atoms with Crippen LogP contribution in [0, 0.1) is 0 Å². The number of nitrogens with zero attached hydrogens (tertiary/aromatic N) is 1. The molecule has 1 saturated heterocycles. The molecule has 1 fully saturated rings. The molecule has 1 aromatic carbocycles. The van der Waals surface area contributed by atoms with Gasteiger partial charge in [0.2, 0.25) is 0 Å². The standard InChI is InChI=1S/C12H14N2/c1-2-8-14(7-1)11-4-3-10-5-6-13-12(10)9-11/h3-6,9,13H,1-2,7-8H2. The largest absolute Gasteiger partial charge is 0.371 e. The predicted octanol–water partition coefficient (Wildman–Crippen LogP) is 2.77. The fourth-order valence-electron chi connectivity index (χ4n) is 2.21. The van der Waals surface area contributed by atoms with E-state index in [0.29, 0.717) is 0 Å². The van der Waals surface area contributed by atoms with E-state index in [4.69, 9.17) is 0 Å². The molecule has 2 nitrogen and oxygen atoms in total. The van der Waals surface area contributed by atoms with E-state index < -0.39 is 0 Å². The van der Waals surface area contributed by atoms with Crippen molar-refractivity contribution in [2.45, 2.75) is 12.8 Å². The second-order valence-corrected chi connectivity index (χ2v) is 3.94. The lowest BCUT2D eigenvalue weighted by Gasteiger charge is -2.17. The Kier molecular flexibility index (Phi) is 1.72. The minimum atomic E-state index is 1.21. The first-order valence-electron chi connectivity index (χ1n) is 5.25. The first-order valence-corrected chi connectivity index (χ1v) is 5.25. The van der Waals surface area contributed by atoms with E-state index in [0.717, 1.165) is 0 Å². The second-order valence-electron chi connectivity index (χ2n) is 3.94. The zero-order chi connectivity index (χ0) is 9.38. The molecule has 0 atom stereocenters. The molecule has 1 aliphatic heterocycles. The highest BCUT2D eigenvalue weighted by molar-refractivity contribution is 5.83. The van der Waals surface area contributed by atoms with Crippen LogP contribution in [0.15, 0.2) is 30.5 Å². The van der Waals surface area contributed by atoms with Gasteiger partial charge in [0, 0.05) is 30.5 Å². The quantitative estimate of drug-likeness (QED) is 0.725. The molecule has 0 aliphatic carbocycles. The van der Waals surface area contributed by atoms with Crippen LogP contribution in [0.4, 0.5) is 5.69 Å². The highest BCUT2D eigenvalue weighted by Crippen LogP contribution is 2.24. The first kappa shape index (κ1) is 7.92. The molecule has 14 heavy (non-hydrogen) atoms. The molecular weight excluding hydrogens is 172 g/mol. The van der Waals surface area contributed by atoms with Crippen LogP contribution in [-0.4, -0.2) is 18.1 Å². The number of hydrogen-bond acceptors (Lipinski definition) is 1. The molecule has 2 heteroatoms. The summed E-state index contributed by atoms with van der Waals surface area (Å²) in [7, 11) is 0. The van der Waals surface area contributed by atoms with Crippen LogP contribution in [0.5, 0.6) is 0 Å². The monoisotopic (exact) mass is 186 g/mol. The van der Waals surface area contributed by atoms with Crippen LogP contribution in [-0.2, 0) is 0 Å². The van der Waals surface area contributed by atoms with E-state index in [1.807, 2.05) is 6.20 Å². The minimum absolute atomic E-state index is 1.21. The van der Waals surface area contributed by atoms with Gasteiger partial charge in [-0.05, 0) is 36.4 Å². The van der Waals surface area contributed by atoms with Crippen LogP contribution in [0.1, 0.15) is 12.8 Å². The van der Waals surface area contributed by atoms with Gasteiger partial charge in [-0.2, -0.15) is 0 Å². The number of H-pyrrole nitrogens is 1. The summed E-state index contributed by atoms with van der Waals surface area (Å²) in [6.45, 7) is 2.43. The number of benzene rings is 1. The Bertz CT molecular complexity index is 438. The third-order valence-electron chi connectivity index (χ3n) is 3.01. The van der Waals surface area contributed by atoms with Gasteiger partial charge in [0.25, 0.3) is 0 Å². The average Bonchev–Trinajstić information content (AvgIpc) is 2.88. The molecular formula is C12H14N2. The summed E-state index contributed by atoms with van der Waals surface area (Å²) in [5.74, 6) is 0. The topological polar surface area (TPSA) is 19.0 Å². The van der Waals surface area contributed by atoms with Crippen molar-refractivity contribution in [1.82, 2.24) is 4.98 Å². The highest BCUT2D eigenvalue weighted by atomic mass is 15.1. The summed E-state index contributed by atoms with van der Waals surface area (Å²) in [6.07, 6.45) is 4.67. The van der Waals surface area contributed by atoms with Crippen molar-refractivity contribution in [1.29, 1.82) is 0 Å². The summed E-state index contributed by atoms with van der Waals surface area (Å²) in [5, 5.41) is 1.30. The van der Waals surface area contributed by atoms with Gasteiger partial charge in [-0.1, -0.05) is 6.07 Å². The van der Waals surface area contributed by atoms with Crippen molar-refractivity contribution in [3.8, 4) is 0 Å². The predicted molar refractivity (Wildman–Crippen MR) is 59.7 cm³/mol. The molecule has 0 unspecified atom stereocenters. The second kappa shape index (κ2) is 3.05. The van der Waals surface area contributed by atoms with Crippen molar-refractivity contribution in [2.24, 2.45) is 0 Å². The third kappa shape index (κ3) is 1.18. The Labute approximate surface area is 83.5 Å². The van der Waals surface area contributed by atoms with Crippen LogP contribution < -0.4 is 4.90 Å². The van der Waals surface area contributed by atoms with E-state index in [1.165, 1.54) is 42.5 Å². The van der Waals surface area contributed by atoms with Gasteiger partial charge in [0.15, 0.2) is 0 Å². The maximum atomic E-state index is 3.26. The molecule has 0 radical (unpaired) electrons. The maximum Gasteiger partial charge on any atom is 0.0474 e. The van der Waals surface area contributed by atoms with Gasteiger partial charge in [0.1, 0.15) is 0 Å². The van der Waals surface area contributed by atoms with E-state index in [2.05, 4.69) is 34.1 Å². The Morgan fingerprint density at radius 1 is 1.07 bits per heavy atom. The number of aromatic nitrogens is 1. The SMILES string of the molecule is c1cc2ccc(N3CCCC3)cc2[nH]1. The molecule has 0 spiro atoms. The molecule has 1 aromatic heterocycles. The van der Waals surface area contributed by atoms with E-state index in [1.54, 1.807) is 0 Å². The van der Waals surface area contributed by atoms with Crippen molar-refractivity contribution in [3.63, 3.8) is 0 Å². The normalized spacial score (nSPS) is 16.7. The lowest BCUT2D eigenvalue weighted by atomic mass is 10.2. The summed E-state index contributed by atoms with van der Waals surface area (Å²) in [5.41, 5.74) is 2.60.